The Morgan fingerprint density at radius 2 is 2.10 bits per heavy atom. The fraction of sp³-hybridized carbons (Fsp3) is 0.308. The quantitative estimate of drug-likeness (QED) is 0.518. The Bertz CT molecular complexity index is 621. The number of halogens is 4. The van der Waals surface area contributed by atoms with Crippen molar-refractivity contribution in [1.82, 2.24) is 15.0 Å². The zero-order valence-corrected chi connectivity index (χ0v) is 11.2. The molecule has 8 heteroatoms. The molecule has 4 nitrogen and oxygen atoms in total. The van der Waals surface area contributed by atoms with Crippen LogP contribution >= 0.6 is 0 Å². The minimum Gasteiger partial charge on any atom is -0.338 e. The average Bonchev–Trinajstić information content (AvgIpc) is 2.79. The molecule has 1 aromatic heterocycles. The van der Waals surface area contributed by atoms with E-state index < -0.39 is 23.6 Å². The predicted molar refractivity (Wildman–Crippen MR) is 68.4 cm³/mol. The van der Waals surface area contributed by atoms with Crippen LogP contribution in [0.1, 0.15) is 23.0 Å². The van der Waals surface area contributed by atoms with E-state index >= 15 is 0 Å². The first kappa shape index (κ1) is 15.5. The maximum absolute atomic E-state index is 13.3. The van der Waals surface area contributed by atoms with Crippen molar-refractivity contribution in [2.75, 3.05) is 0 Å². The largest absolute Gasteiger partial charge is 0.416 e. The van der Waals surface area contributed by atoms with Crippen LogP contribution in [0.3, 0.4) is 0 Å². The molecule has 0 radical (unpaired) electrons. The second kappa shape index (κ2) is 5.82. The molecule has 0 spiro atoms. The Labute approximate surface area is 118 Å². The summed E-state index contributed by atoms with van der Waals surface area (Å²) in [6.45, 7) is 0. The fourth-order valence-electron chi connectivity index (χ4n) is 2.11. The summed E-state index contributed by atoms with van der Waals surface area (Å²) < 4.78 is 54.1. The number of nitrogens with two attached hydrogens (primary N) is 1. The van der Waals surface area contributed by atoms with E-state index in [4.69, 9.17) is 5.84 Å². The van der Waals surface area contributed by atoms with Crippen molar-refractivity contribution in [1.29, 1.82) is 0 Å². The first-order valence-electron chi connectivity index (χ1n) is 6.12. The Kier molecular flexibility index (Phi) is 4.29. The van der Waals surface area contributed by atoms with Crippen LogP contribution in [0.15, 0.2) is 30.6 Å². The van der Waals surface area contributed by atoms with E-state index in [9.17, 15) is 17.6 Å². The van der Waals surface area contributed by atoms with Crippen molar-refractivity contribution < 1.29 is 17.6 Å². The number of alkyl halides is 3. The lowest BCUT2D eigenvalue weighted by Crippen LogP contribution is -2.32. The molecule has 1 heterocycles. The fourth-order valence-corrected chi connectivity index (χ4v) is 2.11. The van der Waals surface area contributed by atoms with Crippen LogP contribution in [0, 0.1) is 5.82 Å². The smallest absolute Gasteiger partial charge is 0.338 e. The van der Waals surface area contributed by atoms with Gasteiger partial charge in [0, 0.05) is 25.9 Å². The number of aromatic nitrogens is 2. The summed E-state index contributed by atoms with van der Waals surface area (Å²) in [5.74, 6) is 5.14. The number of rotatable bonds is 4. The zero-order chi connectivity index (χ0) is 15.6. The van der Waals surface area contributed by atoms with Crippen molar-refractivity contribution in [2.45, 2.75) is 18.6 Å². The highest BCUT2D eigenvalue weighted by Gasteiger charge is 2.35. The summed E-state index contributed by atoms with van der Waals surface area (Å²) in [6, 6.07) is 1.43. The SMILES string of the molecule is Cn1ccnc1CC(NN)c1cc(F)ccc1C(F)(F)F. The predicted octanol–water partition coefficient (Wildman–Crippen LogP) is 2.33. The van der Waals surface area contributed by atoms with E-state index in [-0.39, 0.29) is 12.0 Å². The van der Waals surface area contributed by atoms with E-state index in [1.54, 1.807) is 17.8 Å². The Morgan fingerprint density at radius 1 is 1.38 bits per heavy atom. The van der Waals surface area contributed by atoms with Crippen LogP contribution in [-0.2, 0) is 19.6 Å². The van der Waals surface area contributed by atoms with Crippen molar-refractivity contribution in [3.63, 3.8) is 0 Å². The van der Waals surface area contributed by atoms with Crippen LogP contribution in [0.25, 0.3) is 0 Å². The second-order valence-corrected chi connectivity index (χ2v) is 4.61. The standard InChI is InChI=1S/C13H14F4N4/c1-21-5-4-19-12(21)7-11(20-18)9-6-8(14)2-3-10(9)13(15,16)17/h2-6,11,20H,7,18H2,1H3. The maximum atomic E-state index is 13.3. The molecule has 0 aliphatic carbocycles. The van der Waals surface area contributed by atoms with E-state index in [0.717, 1.165) is 12.1 Å². The lowest BCUT2D eigenvalue weighted by atomic mass is 9.97. The zero-order valence-electron chi connectivity index (χ0n) is 11.2. The summed E-state index contributed by atoms with van der Waals surface area (Å²) >= 11 is 0. The molecule has 0 aliphatic heterocycles. The normalized spacial score (nSPS) is 13.4. The third kappa shape index (κ3) is 3.40. The maximum Gasteiger partial charge on any atom is 0.416 e. The topological polar surface area (TPSA) is 55.9 Å². The van der Waals surface area contributed by atoms with Gasteiger partial charge in [0.25, 0.3) is 0 Å². The summed E-state index contributed by atoms with van der Waals surface area (Å²) in [5.41, 5.74) is 1.15. The molecule has 0 saturated heterocycles. The molecule has 0 saturated carbocycles. The Balaban J connectivity index is 2.42. The van der Waals surface area contributed by atoms with Crippen molar-refractivity contribution in [2.24, 2.45) is 12.9 Å². The van der Waals surface area contributed by atoms with Crippen molar-refractivity contribution >= 4 is 0 Å². The van der Waals surface area contributed by atoms with Gasteiger partial charge < -0.3 is 4.57 Å². The van der Waals surface area contributed by atoms with Crippen LogP contribution in [-0.4, -0.2) is 9.55 Å². The third-order valence-corrected chi connectivity index (χ3v) is 3.20. The molecule has 3 N–H and O–H groups in total. The van der Waals surface area contributed by atoms with Crippen LogP contribution < -0.4 is 11.3 Å². The highest BCUT2D eigenvalue weighted by Crippen LogP contribution is 2.35. The molecule has 21 heavy (non-hydrogen) atoms. The van der Waals surface area contributed by atoms with Gasteiger partial charge in [-0.15, -0.1) is 0 Å². The van der Waals surface area contributed by atoms with Gasteiger partial charge in [0.15, 0.2) is 0 Å². The highest BCUT2D eigenvalue weighted by atomic mass is 19.4. The Hall–Kier alpha value is -1.93. The third-order valence-electron chi connectivity index (χ3n) is 3.20. The number of nitrogens with zero attached hydrogens (tertiary/aromatic N) is 2. The van der Waals surface area contributed by atoms with Crippen LogP contribution in [0.5, 0.6) is 0 Å². The van der Waals surface area contributed by atoms with Gasteiger partial charge in [-0.1, -0.05) is 0 Å². The molecule has 0 aliphatic rings. The first-order chi connectivity index (χ1) is 9.82. The average molecular weight is 302 g/mol. The van der Waals surface area contributed by atoms with Gasteiger partial charge in [0.05, 0.1) is 11.6 Å². The second-order valence-electron chi connectivity index (χ2n) is 4.61. The van der Waals surface area contributed by atoms with Gasteiger partial charge in [0.2, 0.25) is 0 Å². The van der Waals surface area contributed by atoms with Gasteiger partial charge in [-0.25, -0.2) is 9.37 Å². The molecule has 1 unspecified atom stereocenters. The number of nitrogens with one attached hydrogen (secondary N) is 1. The van der Waals surface area contributed by atoms with Gasteiger partial charge in [-0.2, -0.15) is 13.2 Å². The van der Waals surface area contributed by atoms with Gasteiger partial charge in [-0.05, 0) is 23.8 Å². The molecule has 0 bridgehead atoms. The number of imidazole rings is 1. The van der Waals surface area contributed by atoms with Crippen LogP contribution in [0.2, 0.25) is 0 Å². The Morgan fingerprint density at radius 3 is 2.62 bits per heavy atom. The summed E-state index contributed by atoms with van der Waals surface area (Å²) in [7, 11) is 1.71. The lowest BCUT2D eigenvalue weighted by molar-refractivity contribution is -0.138. The van der Waals surface area contributed by atoms with Gasteiger partial charge in [-0.3, -0.25) is 11.3 Å². The summed E-state index contributed by atoms with van der Waals surface area (Å²) in [5, 5.41) is 0. The molecule has 0 amide bonds. The summed E-state index contributed by atoms with van der Waals surface area (Å²) in [4.78, 5) is 4.04. The number of hydrogen-bond donors (Lipinski definition) is 2. The van der Waals surface area contributed by atoms with Crippen molar-refractivity contribution in [3.05, 3.63) is 53.4 Å². The van der Waals surface area contributed by atoms with E-state index in [1.807, 2.05) is 0 Å². The first-order valence-corrected chi connectivity index (χ1v) is 6.12. The molecular formula is C13H14F4N4. The molecular weight excluding hydrogens is 288 g/mol. The molecule has 2 aromatic rings. The molecule has 1 atom stereocenters. The van der Waals surface area contributed by atoms with E-state index in [2.05, 4.69) is 10.4 Å². The molecule has 114 valence electrons. The molecule has 2 rings (SSSR count). The van der Waals surface area contributed by atoms with Gasteiger partial charge in [0.1, 0.15) is 11.6 Å². The van der Waals surface area contributed by atoms with Crippen molar-refractivity contribution in [3.8, 4) is 0 Å². The van der Waals surface area contributed by atoms with Crippen LogP contribution in [0.4, 0.5) is 17.6 Å². The monoisotopic (exact) mass is 302 g/mol. The minimum atomic E-state index is -4.58. The van der Waals surface area contributed by atoms with E-state index in [0.29, 0.717) is 11.9 Å². The van der Waals surface area contributed by atoms with Gasteiger partial charge >= 0.3 is 6.18 Å². The lowest BCUT2D eigenvalue weighted by Gasteiger charge is -2.21. The molecule has 0 fully saturated rings. The van der Waals surface area contributed by atoms with E-state index in [1.165, 1.54) is 6.20 Å². The molecule has 1 aromatic carbocycles. The summed E-state index contributed by atoms with van der Waals surface area (Å²) in [6.07, 6.45) is -1.29. The number of hydrogen-bond acceptors (Lipinski definition) is 3. The number of benzene rings is 1. The highest BCUT2D eigenvalue weighted by molar-refractivity contribution is 5.33. The minimum absolute atomic E-state index is 0.104. The number of hydrazine groups is 1. The number of aryl methyl sites for hydroxylation is 1.